The monoisotopic (exact) mass is 887 g/mol. The topological polar surface area (TPSA) is 98.3 Å². The number of alkyl halides is 10. The van der Waals surface area contributed by atoms with E-state index in [1.165, 1.54) is 40.6 Å². The summed E-state index contributed by atoms with van der Waals surface area (Å²) in [4.78, 5) is 0.332. The Kier molecular flexibility index (Phi) is 21.6. The van der Waals surface area contributed by atoms with Crippen LogP contribution < -0.4 is 5.84 Å². The summed E-state index contributed by atoms with van der Waals surface area (Å²) < 4.78 is 96.8. The molecule has 2 aromatic rings. The van der Waals surface area contributed by atoms with Crippen molar-refractivity contribution in [1.82, 2.24) is 9.97 Å². The summed E-state index contributed by atoms with van der Waals surface area (Å²) >= 11 is 24.5. The Balaban J connectivity index is 0. The molecule has 0 fully saturated rings. The molecule has 225 valence electrons. The van der Waals surface area contributed by atoms with Gasteiger partial charge in [-0.25, -0.2) is 18.7 Å². The average Bonchev–Trinajstić information content (AvgIpc) is 3.38. The van der Waals surface area contributed by atoms with Gasteiger partial charge >= 0.3 is 36.4 Å². The molecule has 25 heteroatoms. The molecular weight excluding hydrogens is 878 g/mol. The Bertz CT molecular complexity index is 1060. The van der Waals surface area contributed by atoms with E-state index in [2.05, 4.69) is 49.8 Å². The van der Waals surface area contributed by atoms with E-state index in [0.29, 0.717) is 13.0 Å². The molecule has 0 amide bonds. The van der Waals surface area contributed by atoms with Gasteiger partial charge in [0.1, 0.15) is 8.68 Å². The van der Waals surface area contributed by atoms with Gasteiger partial charge in [0.25, 0.3) is 10.3 Å². The molecule has 2 heterocycles. The molecule has 0 spiro atoms. The number of hydrogen-bond acceptors (Lipinski definition) is 10. The van der Waals surface area contributed by atoms with Gasteiger partial charge in [-0.05, 0) is 31.9 Å². The maximum atomic E-state index is 13.2. The van der Waals surface area contributed by atoms with Crippen LogP contribution in [0.4, 0.5) is 26.3 Å². The predicted molar refractivity (Wildman–Crippen MR) is 160 cm³/mol. The second kappa shape index (κ2) is 19.8. The molecule has 0 saturated heterocycles. The Morgan fingerprint density at radius 2 is 1.36 bits per heavy atom. The first-order valence-corrected chi connectivity index (χ1v) is 18.4. The number of hydrogen-bond donors (Lipinski definition) is 1. The molecule has 6 nitrogen and oxygen atoms in total. The standard InChI is InChI=1S/C7H5BrCl2F3NS2.C7H6BrClF3NS2.BH2N2.Cl2O2S/c8-7(12,13)6(10,11)1-2-15-5-14-3-4(9)16-5;8-7(11,12)6(9,10)1-3-14-5-13-2-4-15-5;1-3-2;1-5(2,3)4/h3H,1-2H2;2,4H,1,3H2;2H2;. The second-order valence-corrected chi connectivity index (χ2v) is 18.0. The molecule has 0 aliphatic rings. The molecule has 0 saturated carbocycles. The summed E-state index contributed by atoms with van der Waals surface area (Å²) in [7, 11) is 9.06. The SMILES string of the molecule is FC(F)(Br)C(F)(Cl)CCSc1ncc(Cl)s1.FC(F)(Br)C(F)(Cl)CCSc1nccs1.O=S(=O)(Cl)Cl.[B]=NN. The van der Waals surface area contributed by atoms with Crippen molar-refractivity contribution in [2.24, 2.45) is 10.8 Å². The molecule has 2 rings (SSSR count). The van der Waals surface area contributed by atoms with Crippen molar-refractivity contribution in [3.63, 3.8) is 0 Å². The molecule has 0 bridgehead atoms. The number of thioether (sulfide) groups is 2. The van der Waals surface area contributed by atoms with Gasteiger partial charge in [0.05, 0.1) is 6.20 Å². The van der Waals surface area contributed by atoms with Gasteiger partial charge in [-0.2, -0.15) is 26.0 Å². The van der Waals surface area contributed by atoms with Crippen LogP contribution in [0.2, 0.25) is 4.34 Å². The van der Waals surface area contributed by atoms with Crippen molar-refractivity contribution in [2.45, 2.75) is 41.4 Å². The van der Waals surface area contributed by atoms with E-state index in [1.807, 2.05) is 31.9 Å². The Labute approximate surface area is 278 Å². The zero-order valence-corrected chi connectivity index (χ0v) is 29.4. The molecule has 2 aromatic heterocycles. The first-order valence-electron chi connectivity index (χ1n) is 8.86. The van der Waals surface area contributed by atoms with Crippen LogP contribution in [0.5, 0.6) is 0 Å². The van der Waals surface area contributed by atoms with Gasteiger partial charge in [-0.1, -0.05) is 69.7 Å². The summed E-state index contributed by atoms with van der Waals surface area (Å²) in [6, 6.07) is 0. The predicted octanol–water partition coefficient (Wildman–Crippen LogP) is 9.61. The van der Waals surface area contributed by atoms with Crippen LogP contribution >= 0.6 is 134 Å². The third-order valence-corrected chi connectivity index (χ3v) is 9.79. The minimum absolute atomic E-state index is 0.0883. The molecule has 39 heavy (non-hydrogen) atoms. The van der Waals surface area contributed by atoms with Gasteiger partial charge < -0.3 is 0 Å². The first-order chi connectivity index (χ1) is 17.5. The molecular formula is C14H13BBr2Cl5F6N4O2S5. The van der Waals surface area contributed by atoms with E-state index < -0.39 is 41.0 Å². The summed E-state index contributed by atoms with van der Waals surface area (Å²) in [5, 5.41) is -1.90. The molecule has 0 aliphatic carbocycles. The summed E-state index contributed by atoms with van der Waals surface area (Å²) in [6.45, 7) is 0. The van der Waals surface area contributed by atoms with Crippen LogP contribution in [0.15, 0.2) is 31.5 Å². The van der Waals surface area contributed by atoms with E-state index in [9.17, 15) is 26.3 Å². The van der Waals surface area contributed by atoms with E-state index in [1.54, 1.807) is 11.6 Å². The van der Waals surface area contributed by atoms with Crippen LogP contribution in [-0.4, -0.2) is 57.4 Å². The summed E-state index contributed by atoms with van der Waals surface area (Å²) in [5.74, 6) is 4.49. The van der Waals surface area contributed by atoms with E-state index in [-0.39, 0.29) is 11.5 Å². The number of aromatic nitrogens is 2. The fourth-order valence-electron chi connectivity index (χ4n) is 1.40. The Morgan fingerprint density at radius 1 is 0.974 bits per heavy atom. The van der Waals surface area contributed by atoms with Crippen LogP contribution in [-0.2, 0) is 8.26 Å². The number of nitrogens with zero attached hydrogens (tertiary/aromatic N) is 3. The van der Waals surface area contributed by atoms with Gasteiger partial charge in [0.15, 0.2) is 4.34 Å². The molecule has 0 aliphatic heterocycles. The number of rotatable bonds is 10. The van der Waals surface area contributed by atoms with E-state index in [0.717, 1.165) is 11.8 Å². The quantitative estimate of drug-likeness (QED) is 0.0483. The van der Waals surface area contributed by atoms with Gasteiger partial charge in [0, 0.05) is 57.3 Å². The Morgan fingerprint density at radius 3 is 1.64 bits per heavy atom. The summed E-state index contributed by atoms with van der Waals surface area (Å²) in [6.07, 6.45) is 2.07. The third-order valence-electron chi connectivity index (χ3n) is 2.98. The first kappa shape index (κ1) is 42.7. The van der Waals surface area contributed by atoms with Crippen molar-refractivity contribution in [3.05, 3.63) is 22.1 Å². The van der Waals surface area contributed by atoms with E-state index >= 15 is 0 Å². The van der Waals surface area contributed by atoms with E-state index in [4.69, 9.17) is 43.2 Å². The fraction of sp³-hybridized carbons (Fsp3) is 0.571. The van der Waals surface area contributed by atoms with Crippen LogP contribution in [0.1, 0.15) is 12.8 Å². The van der Waals surface area contributed by atoms with Crippen molar-refractivity contribution in [1.29, 1.82) is 0 Å². The third kappa shape index (κ3) is 22.7. The van der Waals surface area contributed by atoms with Crippen molar-refractivity contribution in [2.75, 3.05) is 11.5 Å². The molecule has 2 unspecified atom stereocenters. The van der Waals surface area contributed by atoms with Gasteiger partial charge in [0.2, 0.25) is 0 Å². The number of halogens is 13. The molecule has 1 radical (unpaired) electrons. The van der Waals surface area contributed by atoms with Crippen molar-refractivity contribution < 1.29 is 34.8 Å². The van der Waals surface area contributed by atoms with Gasteiger partial charge in [-0.15, -0.1) is 11.3 Å². The number of nitrogens with two attached hydrogens (primary N) is 1. The van der Waals surface area contributed by atoms with Crippen LogP contribution in [0.3, 0.4) is 0 Å². The molecule has 2 atom stereocenters. The van der Waals surface area contributed by atoms with Crippen LogP contribution in [0.25, 0.3) is 0 Å². The normalized spacial score (nSPS) is 14.7. The zero-order valence-electron chi connectivity index (χ0n) is 18.3. The zero-order chi connectivity index (χ0) is 31.1. The summed E-state index contributed by atoms with van der Waals surface area (Å²) in [5.41, 5.74) is 0. The minimum atomic E-state index is -3.75. The molecule has 0 aromatic carbocycles. The van der Waals surface area contributed by atoms with Crippen LogP contribution in [0, 0.1) is 0 Å². The van der Waals surface area contributed by atoms with Crippen molar-refractivity contribution >= 4 is 150 Å². The molecule has 2 N–H and O–H groups in total. The average molecular weight is 891 g/mol. The number of thiazole rings is 2. The van der Waals surface area contributed by atoms with Gasteiger partial charge in [-0.3, -0.25) is 0 Å². The maximum absolute atomic E-state index is 13.2. The Hall–Kier alpha value is 1.56. The fourth-order valence-corrected chi connectivity index (χ4v) is 6.18. The second-order valence-electron chi connectivity index (χ2n) is 5.86. The van der Waals surface area contributed by atoms with Crippen molar-refractivity contribution in [3.8, 4) is 0 Å².